The number of hydrogen-bond donors (Lipinski definition) is 1. The second kappa shape index (κ2) is 14.1. The van der Waals surface area contributed by atoms with Crippen LogP contribution in [0.1, 0.15) is 50.0 Å². The van der Waals surface area contributed by atoms with Gasteiger partial charge in [0.25, 0.3) is 5.91 Å². The number of amides is 2. The van der Waals surface area contributed by atoms with Gasteiger partial charge in [0, 0.05) is 11.3 Å². The summed E-state index contributed by atoms with van der Waals surface area (Å²) in [5.41, 5.74) is 6.65. The van der Waals surface area contributed by atoms with Gasteiger partial charge in [-0.25, -0.2) is 0 Å². The van der Waals surface area contributed by atoms with Gasteiger partial charge in [-0.3, -0.25) is 4.79 Å². The van der Waals surface area contributed by atoms with Crippen LogP contribution in [0.15, 0.2) is 103 Å². The van der Waals surface area contributed by atoms with Gasteiger partial charge in [0.05, 0.1) is 0 Å². The molecule has 2 aromatic carbocycles. The average Bonchev–Trinajstić information content (AvgIpc) is 3.44. The average molecular weight is 731 g/mol. The van der Waals surface area contributed by atoms with Crippen molar-refractivity contribution in [3.8, 4) is 0 Å². The van der Waals surface area contributed by atoms with Crippen molar-refractivity contribution >= 4 is 51.7 Å². The third-order valence-corrected chi connectivity index (χ3v) is 7.16. The van der Waals surface area contributed by atoms with E-state index in [2.05, 4.69) is 31.4 Å². The standard InChI is InChI=1S/C33H34N6O2.W/c1-6-34-30(35-16-14-25-18-26-15-17-36-31(26)37-21-25)19-24-10-12-29(13-11-24)39(5)33(41)27-8-7-9-28(20-27)38-32(40)23(4)22(2)3;/h7-13,15-18,20-21,31H,14,19H2,1-5H3,(H,38,40);. The molecule has 0 fully saturated rings. The van der Waals surface area contributed by atoms with Gasteiger partial charge in [-0.1, -0.05) is 11.6 Å². The molecule has 2 aliphatic rings. The van der Waals surface area contributed by atoms with Crippen LogP contribution >= 0.6 is 0 Å². The fraction of sp³-hybridized carbons (Fsp3) is 0.242. The molecule has 0 saturated heterocycles. The number of dihydropyridines is 1. The first-order valence-corrected chi connectivity index (χ1v) is 15.1. The molecule has 0 spiro atoms. The van der Waals surface area contributed by atoms with E-state index >= 15 is 0 Å². The van der Waals surface area contributed by atoms with Crippen molar-refractivity contribution in [2.24, 2.45) is 20.0 Å². The molecule has 0 bridgehead atoms. The Hall–Kier alpha value is -4.16. The number of anilines is 2. The summed E-state index contributed by atoms with van der Waals surface area (Å²) in [4.78, 5) is 45.4. The van der Waals surface area contributed by atoms with Gasteiger partial charge < -0.3 is 5.32 Å². The zero-order valence-electron chi connectivity index (χ0n) is 24.5. The Bertz CT molecular complexity index is 1610. The maximum absolute atomic E-state index is 13.3. The second-order valence-electron chi connectivity index (χ2n) is 10.3. The van der Waals surface area contributed by atoms with Crippen LogP contribution in [0, 0.1) is 0 Å². The molecule has 214 valence electrons. The number of rotatable bonds is 9. The van der Waals surface area contributed by atoms with Crippen LogP contribution < -0.4 is 10.2 Å². The zero-order chi connectivity index (χ0) is 30.2. The van der Waals surface area contributed by atoms with E-state index in [4.69, 9.17) is 0 Å². The van der Waals surface area contributed by atoms with E-state index in [0.29, 0.717) is 29.7 Å². The molecule has 2 amide bonds. The van der Waals surface area contributed by atoms with Crippen LogP contribution in [0.2, 0.25) is 0 Å². The molecule has 2 heterocycles. The van der Waals surface area contributed by atoms with Crippen molar-refractivity contribution in [1.29, 1.82) is 0 Å². The molecule has 1 atom stereocenters. The number of aliphatic imine (C=N–C) groups is 4. The fourth-order valence-corrected chi connectivity index (χ4v) is 4.60. The summed E-state index contributed by atoms with van der Waals surface area (Å²) in [6, 6.07) is 14.8. The Morgan fingerprint density at radius 1 is 1.07 bits per heavy atom. The molecule has 0 radical (unpaired) electrons. The number of nitrogens with zero attached hydrogens (tertiary/aromatic N) is 5. The summed E-state index contributed by atoms with van der Waals surface area (Å²) in [7, 11) is 1.74. The van der Waals surface area contributed by atoms with Crippen LogP contribution in [0.25, 0.3) is 0 Å². The number of carbonyl (C=O) groups excluding carboxylic acids is 2. The van der Waals surface area contributed by atoms with E-state index in [1.165, 1.54) is 19.4 Å². The number of hydrogen-bond acceptors (Lipinski definition) is 5. The first-order chi connectivity index (χ1) is 20.1. The number of carbonyl (C=O) groups is 2. The summed E-state index contributed by atoms with van der Waals surface area (Å²) in [5.74, 6) is 0.384. The van der Waals surface area contributed by atoms with E-state index in [1.807, 2.05) is 63.5 Å². The van der Waals surface area contributed by atoms with E-state index in [0.717, 1.165) is 37.8 Å². The monoisotopic (exact) mass is 730 g/mol. The van der Waals surface area contributed by atoms with Gasteiger partial charge in [-0.2, -0.15) is 0 Å². The number of amidine groups is 1. The maximum atomic E-state index is 13.3. The summed E-state index contributed by atoms with van der Waals surface area (Å²) in [6.45, 7) is 7.55. The van der Waals surface area contributed by atoms with E-state index < -0.39 is 0 Å². The predicted molar refractivity (Wildman–Crippen MR) is 170 cm³/mol. The molecule has 42 heavy (non-hydrogen) atoms. The number of nitrogens with one attached hydrogen (secondary N) is 1. The Labute approximate surface area is 257 Å². The predicted octanol–water partition coefficient (Wildman–Crippen LogP) is 5.70. The first-order valence-electron chi connectivity index (χ1n) is 13.6. The molecule has 4 rings (SSSR count). The molecular weight excluding hydrogens is 696 g/mol. The van der Waals surface area contributed by atoms with Crippen LogP contribution in [0.3, 0.4) is 0 Å². The van der Waals surface area contributed by atoms with Gasteiger partial charge in [-0.15, -0.1) is 0 Å². The summed E-state index contributed by atoms with van der Waals surface area (Å²) >= 11 is 1.30. The van der Waals surface area contributed by atoms with Crippen molar-refractivity contribution in [2.45, 2.75) is 46.7 Å². The molecule has 0 aliphatic carbocycles. The molecule has 0 aromatic heterocycles. The Morgan fingerprint density at radius 2 is 1.83 bits per heavy atom. The van der Waals surface area contributed by atoms with Crippen molar-refractivity contribution in [3.63, 3.8) is 0 Å². The third-order valence-electron chi connectivity index (χ3n) is 6.83. The molecular formula is C33H34N6O2W. The second-order valence-corrected chi connectivity index (χ2v) is 12.4. The zero-order valence-corrected chi connectivity index (χ0v) is 27.4. The van der Waals surface area contributed by atoms with Gasteiger partial charge in [0.1, 0.15) is 0 Å². The van der Waals surface area contributed by atoms with Crippen molar-refractivity contribution in [3.05, 3.63) is 94.1 Å². The van der Waals surface area contributed by atoms with E-state index in [1.54, 1.807) is 49.4 Å². The molecule has 1 unspecified atom stereocenters. The quantitative estimate of drug-likeness (QED) is 0.204. The van der Waals surface area contributed by atoms with Crippen LogP contribution in [0.4, 0.5) is 11.4 Å². The topological polar surface area (TPSA) is 98.8 Å². The van der Waals surface area contributed by atoms with Crippen molar-refractivity contribution < 1.29 is 28.9 Å². The Balaban J connectivity index is 1.40. The molecule has 2 aromatic rings. The van der Waals surface area contributed by atoms with Crippen LogP contribution in [-0.4, -0.2) is 53.5 Å². The molecule has 1 N–H and O–H groups in total. The summed E-state index contributed by atoms with van der Waals surface area (Å²) < 4.78 is 1.01. The van der Waals surface area contributed by atoms with Crippen molar-refractivity contribution in [1.82, 2.24) is 0 Å². The first kappa shape index (κ1) is 30.8. The third kappa shape index (κ3) is 8.20. The molecule has 9 heteroatoms. The fourth-order valence-electron chi connectivity index (χ4n) is 4.22. The van der Waals surface area contributed by atoms with Crippen LogP contribution in [0.5, 0.6) is 0 Å². The van der Waals surface area contributed by atoms with Gasteiger partial charge in [-0.05, 0) is 26.8 Å². The van der Waals surface area contributed by atoms with Crippen molar-refractivity contribution in [2.75, 3.05) is 17.3 Å². The van der Waals surface area contributed by atoms with Crippen LogP contribution in [-0.2, 0) is 30.6 Å². The minimum atomic E-state index is -0.178. The normalized spacial score (nSPS) is 15.6. The Kier molecular flexibility index (Phi) is 10.4. The summed E-state index contributed by atoms with van der Waals surface area (Å²) in [5, 5.41) is 2.87. The van der Waals surface area contributed by atoms with E-state index in [9.17, 15) is 9.59 Å². The minimum absolute atomic E-state index is 0.0878. The number of benzene rings is 2. The Morgan fingerprint density at radius 3 is 2.55 bits per heavy atom. The van der Waals surface area contributed by atoms with Gasteiger partial charge in [0.15, 0.2) is 0 Å². The molecule has 0 saturated carbocycles. The molecule has 2 aliphatic heterocycles. The number of fused-ring (bicyclic) bond motifs is 1. The molecule has 8 nitrogen and oxygen atoms in total. The summed E-state index contributed by atoms with van der Waals surface area (Å²) in [6.07, 6.45) is 10.8. The SMILES string of the molecule is C[C](=[W])N=C(Cc1ccc(N(C)C(=O)c2cccc(NC(=O)C(C)=C(C)C)c2)cc1)N=CCC1=CC2=CC=NC2N=C1. The van der Waals surface area contributed by atoms with E-state index in [-0.39, 0.29) is 18.0 Å². The van der Waals surface area contributed by atoms with Gasteiger partial charge >= 0.3 is 193 Å². The van der Waals surface area contributed by atoms with Gasteiger partial charge in [0.2, 0.25) is 0 Å². The number of allylic oxidation sites excluding steroid dienone is 3.